The molecule has 1 saturated carbocycles. The molecule has 3 atom stereocenters. The van der Waals surface area contributed by atoms with E-state index in [1.807, 2.05) is 0 Å². The second-order valence-electron chi connectivity index (χ2n) is 6.72. The van der Waals surface area contributed by atoms with Crippen LogP contribution < -0.4 is 0 Å². The number of hydrogen-bond acceptors (Lipinski definition) is 4. The molecule has 0 spiro atoms. The highest BCUT2D eigenvalue weighted by Gasteiger charge is 2.61. The van der Waals surface area contributed by atoms with Crippen molar-refractivity contribution in [1.29, 1.82) is 0 Å². The average molecular weight is 333 g/mol. The molecule has 6 nitrogen and oxygen atoms in total. The Bertz CT molecular complexity index is 719. The van der Waals surface area contributed by atoms with Gasteiger partial charge >= 0.3 is 5.97 Å². The SMILES string of the molecule is C[C@]1(C(=O)O)CC[C@H](Cc2ccc(F)cc2)[C@@]1(O)Cn1cncn1. The summed E-state index contributed by atoms with van der Waals surface area (Å²) in [5.74, 6) is -1.61. The normalized spacial score (nSPS) is 29.7. The molecule has 1 aliphatic rings. The Morgan fingerprint density at radius 1 is 1.42 bits per heavy atom. The summed E-state index contributed by atoms with van der Waals surface area (Å²) in [7, 11) is 0. The monoisotopic (exact) mass is 333 g/mol. The predicted octanol–water partition coefficient (Wildman–Crippen LogP) is 1.89. The first-order valence-corrected chi connectivity index (χ1v) is 7.88. The molecule has 0 bridgehead atoms. The van der Waals surface area contributed by atoms with Crippen LogP contribution in [0.1, 0.15) is 25.3 Å². The predicted molar refractivity (Wildman–Crippen MR) is 83.5 cm³/mol. The van der Waals surface area contributed by atoms with Crippen LogP contribution in [-0.4, -0.2) is 36.5 Å². The largest absolute Gasteiger partial charge is 0.481 e. The number of carbonyl (C=O) groups is 1. The number of benzene rings is 1. The van der Waals surface area contributed by atoms with E-state index in [1.54, 1.807) is 19.1 Å². The molecule has 0 saturated heterocycles. The van der Waals surface area contributed by atoms with Gasteiger partial charge in [0.25, 0.3) is 0 Å². The summed E-state index contributed by atoms with van der Waals surface area (Å²) in [5.41, 5.74) is -1.88. The van der Waals surface area contributed by atoms with Crippen LogP contribution in [0.4, 0.5) is 4.39 Å². The van der Waals surface area contributed by atoms with E-state index in [0.29, 0.717) is 19.3 Å². The van der Waals surface area contributed by atoms with Crippen molar-refractivity contribution in [2.45, 2.75) is 38.3 Å². The molecule has 1 aromatic carbocycles. The Morgan fingerprint density at radius 2 is 2.12 bits per heavy atom. The van der Waals surface area contributed by atoms with E-state index in [1.165, 1.54) is 29.5 Å². The van der Waals surface area contributed by atoms with Crippen LogP contribution in [0.2, 0.25) is 0 Å². The van der Waals surface area contributed by atoms with Crippen molar-refractivity contribution in [1.82, 2.24) is 14.8 Å². The Kier molecular flexibility index (Phi) is 4.13. The topological polar surface area (TPSA) is 88.2 Å². The lowest BCUT2D eigenvalue weighted by molar-refractivity contribution is -0.169. The highest BCUT2D eigenvalue weighted by molar-refractivity contribution is 5.76. The lowest BCUT2D eigenvalue weighted by Crippen LogP contribution is -2.54. The molecule has 1 fully saturated rings. The van der Waals surface area contributed by atoms with E-state index in [4.69, 9.17) is 0 Å². The number of nitrogens with zero attached hydrogens (tertiary/aromatic N) is 3. The number of aromatic nitrogens is 3. The van der Waals surface area contributed by atoms with Crippen LogP contribution in [0.3, 0.4) is 0 Å². The van der Waals surface area contributed by atoms with Gasteiger partial charge in [-0.1, -0.05) is 12.1 Å². The van der Waals surface area contributed by atoms with Crippen molar-refractivity contribution in [3.05, 3.63) is 48.3 Å². The number of aliphatic carboxylic acids is 1. The zero-order chi connectivity index (χ0) is 17.4. The molecular formula is C17H20FN3O3. The minimum absolute atomic E-state index is 0.0572. The number of carboxylic acid groups (broad SMARTS) is 1. The Labute approximate surface area is 139 Å². The number of rotatable bonds is 5. The van der Waals surface area contributed by atoms with Gasteiger partial charge in [0.1, 0.15) is 24.1 Å². The van der Waals surface area contributed by atoms with Gasteiger partial charge in [0, 0.05) is 0 Å². The van der Waals surface area contributed by atoms with Crippen molar-refractivity contribution < 1.29 is 19.4 Å². The zero-order valence-corrected chi connectivity index (χ0v) is 13.4. The summed E-state index contributed by atoms with van der Waals surface area (Å²) in [4.78, 5) is 15.7. The Morgan fingerprint density at radius 3 is 2.71 bits per heavy atom. The first kappa shape index (κ1) is 16.6. The molecule has 128 valence electrons. The fourth-order valence-corrected chi connectivity index (χ4v) is 3.70. The molecule has 0 radical (unpaired) electrons. The molecule has 0 amide bonds. The Balaban J connectivity index is 1.92. The second kappa shape index (κ2) is 5.98. The van der Waals surface area contributed by atoms with E-state index in [9.17, 15) is 19.4 Å². The van der Waals surface area contributed by atoms with Crippen molar-refractivity contribution in [3.8, 4) is 0 Å². The van der Waals surface area contributed by atoms with Gasteiger partial charge in [-0.05, 0) is 49.8 Å². The van der Waals surface area contributed by atoms with Crippen LogP contribution in [-0.2, 0) is 17.8 Å². The first-order valence-electron chi connectivity index (χ1n) is 7.88. The fraction of sp³-hybridized carbons (Fsp3) is 0.471. The second-order valence-corrected chi connectivity index (χ2v) is 6.72. The lowest BCUT2D eigenvalue weighted by Gasteiger charge is -2.40. The molecule has 1 aromatic heterocycles. The number of carboxylic acids is 1. The fourth-order valence-electron chi connectivity index (χ4n) is 3.70. The molecular weight excluding hydrogens is 313 g/mol. The molecule has 0 unspecified atom stereocenters. The van der Waals surface area contributed by atoms with Crippen LogP contribution >= 0.6 is 0 Å². The van der Waals surface area contributed by atoms with Crippen LogP contribution in [0.25, 0.3) is 0 Å². The third-order valence-electron chi connectivity index (χ3n) is 5.36. The van der Waals surface area contributed by atoms with Crippen LogP contribution in [0.5, 0.6) is 0 Å². The first-order chi connectivity index (χ1) is 11.3. The lowest BCUT2D eigenvalue weighted by atomic mass is 9.71. The van der Waals surface area contributed by atoms with Gasteiger partial charge in [-0.3, -0.25) is 9.48 Å². The summed E-state index contributed by atoms with van der Waals surface area (Å²) < 4.78 is 14.6. The standard InChI is InChI=1S/C17H20FN3O3/c1-16(15(22)23)7-6-13(8-12-2-4-14(18)5-3-12)17(16,24)9-21-11-19-10-20-21/h2-5,10-11,13,24H,6-9H2,1H3,(H,22,23)/t13-,16-,17+/m1/s1. The quantitative estimate of drug-likeness (QED) is 0.872. The van der Waals surface area contributed by atoms with E-state index in [0.717, 1.165) is 5.56 Å². The number of aliphatic hydroxyl groups is 1. The van der Waals surface area contributed by atoms with Crippen molar-refractivity contribution >= 4 is 5.97 Å². The zero-order valence-electron chi connectivity index (χ0n) is 13.4. The van der Waals surface area contributed by atoms with E-state index >= 15 is 0 Å². The van der Waals surface area contributed by atoms with E-state index < -0.39 is 17.0 Å². The molecule has 7 heteroatoms. The average Bonchev–Trinajstić information content (AvgIpc) is 3.12. The minimum Gasteiger partial charge on any atom is -0.481 e. The maximum Gasteiger partial charge on any atom is 0.312 e. The number of hydrogen-bond donors (Lipinski definition) is 2. The summed E-state index contributed by atoms with van der Waals surface area (Å²) in [5, 5.41) is 25.1. The summed E-state index contributed by atoms with van der Waals surface area (Å²) >= 11 is 0. The third kappa shape index (κ3) is 2.69. The van der Waals surface area contributed by atoms with Crippen LogP contribution in [0, 0.1) is 17.2 Å². The minimum atomic E-state index is -1.47. The van der Waals surface area contributed by atoms with E-state index in [2.05, 4.69) is 10.1 Å². The van der Waals surface area contributed by atoms with Crippen molar-refractivity contribution in [3.63, 3.8) is 0 Å². The highest BCUT2D eigenvalue weighted by Crippen LogP contribution is 2.52. The summed E-state index contributed by atoms with van der Waals surface area (Å²) in [6.07, 6.45) is 4.25. The van der Waals surface area contributed by atoms with Gasteiger partial charge in [0.15, 0.2) is 0 Å². The van der Waals surface area contributed by atoms with Gasteiger partial charge in [-0.15, -0.1) is 0 Å². The number of halogens is 1. The summed E-state index contributed by atoms with van der Waals surface area (Å²) in [6.45, 7) is 1.64. The molecule has 1 aliphatic carbocycles. The molecule has 1 heterocycles. The van der Waals surface area contributed by atoms with Gasteiger partial charge < -0.3 is 10.2 Å². The van der Waals surface area contributed by atoms with E-state index in [-0.39, 0.29) is 18.3 Å². The molecule has 2 N–H and O–H groups in total. The van der Waals surface area contributed by atoms with Crippen molar-refractivity contribution in [2.75, 3.05) is 0 Å². The molecule has 3 rings (SSSR count). The Hall–Kier alpha value is -2.28. The summed E-state index contributed by atoms with van der Waals surface area (Å²) in [6, 6.07) is 6.08. The van der Waals surface area contributed by atoms with Gasteiger partial charge in [-0.2, -0.15) is 5.10 Å². The molecule has 2 aromatic rings. The van der Waals surface area contributed by atoms with Gasteiger partial charge in [-0.25, -0.2) is 9.37 Å². The third-order valence-corrected chi connectivity index (χ3v) is 5.36. The smallest absolute Gasteiger partial charge is 0.312 e. The molecule has 0 aliphatic heterocycles. The maximum atomic E-state index is 13.1. The molecule has 24 heavy (non-hydrogen) atoms. The van der Waals surface area contributed by atoms with Gasteiger partial charge in [0.05, 0.1) is 12.0 Å². The van der Waals surface area contributed by atoms with Crippen LogP contribution in [0.15, 0.2) is 36.9 Å². The van der Waals surface area contributed by atoms with Gasteiger partial charge in [0.2, 0.25) is 0 Å². The van der Waals surface area contributed by atoms with Crippen molar-refractivity contribution in [2.24, 2.45) is 11.3 Å². The highest BCUT2D eigenvalue weighted by atomic mass is 19.1. The maximum absolute atomic E-state index is 13.1.